The van der Waals surface area contributed by atoms with Gasteiger partial charge in [-0.1, -0.05) is 54.1 Å². The molecule has 1 amide bonds. The number of carbonyl (C=O) groups excluding carboxylic acids is 4. The van der Waals surface area contributed by atoms with Gasteiger partial charge < -0.3 is 24.7 Å². The Morgan fingerprint density at radius 3 is 2.05 bits per heavy atom. The van der Waals surface area contributed by atoms with Crippen molar-refractivity contribution in [2.75, 3.05) is 26.2 Å². The van der Waals surface area contributed by atoms with Crippen molar-refractivity contribution in [2.45, 2.75) is 50.2 Å². The van der Waals surface area contributed by atoms with Crippen LogP contribution in [0.25, 0.3) is 0 Å². The Hall–Kier alpha value is -3.14. The maximum atomic E-state index is 15.1. The molecule has 2 aromatic rings. The maximum Gasteiger partial charge on any atom is 0.323 e. The number of benzene rings is 2. The third kappa shape index (κ3) is 7.46. The highest BCUT2D eigenvalue weighted by Crippen LogP contribution is 2.34. The van der Waals surface area contributed by atoms with Crippen LogP contribution in [0.4, 0.5) is 4.39 Å². The van der Waals surface area contributed by atoms with Gasteiger partial charge in [-0.15, -0.1) is 0 Å². The van der Waals surface area contributed by atoms with Gasteiger partial charge in [0.05, 0.1) is 38.1 Å². The number of rotatable bonds is 7. The van der Waals surface area contributed by atoms with Gasteiger partial charge in [-0.05, 0) is 17.7 Å². The summed E-state index contributed by atoms with van der Waals surface area (Å²) in [4.78, 5) is 45.7. The third-order valence-electron chi connectivity index (χ3n) is 7.42. The first-order valence-corrected chi connectivity index (χ1v) is 13.2. The number of likely N-dealkylation sites (tertiary alicyclic amines) is 2. The smallest absolute Gasteiger partial charge is 0.323 e. The number of carbonyl (C=O) groups is 4. The molecular formula is C28H32ClFN2O6. The number of alkyl halides is 1. The number of amides is 1. The summed E-state index contributed by atoms with van der Waals surface area (Å²) < 4.78 is 15.1. The summed E-state index contributed by atoms with van der Waals surface area (Å²) in [5, 5.41) is 18.5. The van der Waals surface area contributed by atoms with Gasteiger partial charge in [-0.2, -0.15) is 4.39 Å². The van der Waals surface area contributed by atoms with Gasteiger partial charge in [-0.25, -0.2) is 4.79 Å². The first-order valence-electron chi connectivity index (χ1n) is 12.8. The monoisotopic (exact) mass is 546 g/mol. The minimum absolute atomic E-state index is 0.0225. The second-order valence-electron chi connectivity index (χ2n) is 9.76. The zero-order valence-corrected chi connectivity index (χ0v) is 21.8. The lowest BCUT2D eigenvalue weighted by Gasteiger charge is -2.39. The highest BCUT2D eigenvalue weighted by atomic mass is 35.5. The van der Waals surface area contributed by atoms with E-state index in [0.29, 0.717) is 36.5 Å². The van der Waals surface area contributed by atoms with Gasteiger partial charge in [0.2, 0.25) is 6.30 Å². The number of nitrogens with one attached hydrogen (secondary N) is 2. The van der Waals surface area contributed by atoms with E-state index in [1.807, 2.05) is 42.5 Å². The zero-order chi connectivity index (χ0) is 27.7. The van der Waals surface area contributed by atoms with Crippen LogP contribution in [0.15, 0.2) is 54.6 Å². The molecule has 204 valence electrons. The molecule has 10 heteroatoms. The van der Waals surface area contributed by atoms with Crippen LogP contribution in [0.5, 0.6) is 0 Å². The van der Waals surface area contributed by atoms with Crippen molar-refractivity contribution in [1.29, 1.82) is 0 Å². The lowest BCUT2D eigenvalue weighted by atomic mass is 9.71. The fourth-order valence-corrected chi connectivity index (χ4v) is 5.53. The molecule has 1 unspecified atom stereocenters. The number of quaternary nitrogens is 2. The topological polar surface area (TPSA) is 123 Å². The van der Waals surface area contributed by atoms with E-state index in [1.165, 1.54) is 0 Å². The van der Waals surface area contributed by atoms with Gasteiger partial charge in [0.25, 0.3) is 0 Å². The van der Waals surface area contributed by atoms with Crippen LogP contribution in [-0.2, 0) is 19.8 Å². The minimum Gasteiger partial charge on any atom is -0.543 e. The molecule has 2 aromatic carbocycles. The van der Waals surface area contributed by atoms with Crippen LogP contribution in [0, 0.1) is 0 Å². The normalized spacial score (nSPS) is 22.1. The Morgan fingerprint density at radius 2 is 1.50 bits per heavy atom. The summed E-state index contributed by atoms with van der Waals surface area (Å²) in [5.41, 5.74) is 0.990. The average Bonchev–Trinajstić information content (AvgIpc) is 3.47. The zero-order valence-electron chi connectivity index (χ0n) is 21.0. The number of carboxylic acid groups (broad SMARTS) is 2. The van der Waals surface area contributed by atoms with Gasteiger partial charge >= 0.3 is 5.91 Å². The lowest BCUT2D eigenvalue weighted by molar-refractivity contribution is -0.946. The largest absolute Gasteiger partial charge is 0.543 e. The molecule has 1 atom stereocenters. The molecule has 2 saturated heterocycles. The van der Waals surface area contributed by atoms with Gasteiger partial charge in [0.1, 0.15) is 5.41 Å². The van der Waals surface area contributed by atoms with Gasteiger partial charge in [-0.3, -0.25) is 9.69 Å². The first-order chi connectivity index (χ1) is 18.1. The molecule has 0 bridgehead atoms. The molecule has 2 heterocycles. The first kappa shape index (κ1) is 29.4. The number of hydrogen-bond acceptors (Lipinski definition) is 6. The van der Waals surface area contributed by atoms with E-state index in [0.717, 1.165) is 41.3 Å². The molecule has 0 radical (unpaired) electrons. The van der Waals surface area contributed by atoms with Crippen LogP contribution in [0.2, 0.25) is 5.02 Å². The van der Waals surface area contributed by atoms with Crippen molar-refractivity contribution in [1.82, 2.24) is 0 Å². The molecule has 0 aliphatic carbocycles. The van der Waals surface area contributed by atoms with E-state index >= 15 is 4.39 Å². The predicted molar refractivity (Wildman–Crippen MR) is 133 cm³/mol. The molecule has 38 heavy (non-hydrogen) atoms. The summed E-state index contributed by atoms with van der Waals surface area (Å²) in [7, 11) is 0. The highest BCUT2D eigenvalue weighted by molar-refractivity contribution is 6.30. The Morgan fingerprint density at radius 1 is 0.895 bits per heavy atom. The summed E-state index contributed by atoms with van der Waals surface area (Å²) >= 11 is 6.28. The fraction of sp³-hybridized carbons (Fsp3) is 0.429. The maximum absolute atomic E-state index is 15.1. The average molecular weight is 547 g/mol. The van der Waals surface area contributed by atoms with E-state index < -0.39 is 23.6 Å². The van der Waals surface area contributed by atoms with E-state index in [4.69, 9.17) is 31.4 Å². The number of hydrogen-bond donors (Lipinski definition) is 2. The molecule has 0 spiro atoms. The summed E-state index contributed by atoms with van der Waals surface area (Å²) in [6, 6.07) is 16.7. The van der Waals surface area contributed by atoms with E-state index in [2.05, 4.69) is 0 Å². The van der Waals surface area contributed by atoms with Crippen molar-refractivity contribution in [3.05, 3.63) is 70.7 Å². The Kier molecular flexibility index (Phi) is 10.5. The second-order valence-corrected chi connectivity index (χ2v) is 10.2. The number of halogens is 2. The molecule has 2 N–H and O–H groups in total. The van der Waals surface area contributed by atoms with Crippen LogP contribution in [0.1, 0.15) is 54.4 Å². The van der Waals surface area contributed by atoms with E-state index in [-0.39, 0.29) is 24.5 Å². The SMILES string of the molecule is O=C(CCC(F)[NH+]1CCC(C(=O)[NH+]2CCCC2)(c2cccc(Cl)c2)CC1)c1ccccc1.O=C([O-])C(=O)[O-]. The number of ketones is 1. The van der Waals surface area contributed by atoms with Crippen molar-refractivity contribution in [2.24, 2.45) is 0 Å². The highest BCUT2D eigenvalue weighted by Gasteiger charge is 2.51. The van der Waals surface area contributed by atoms with Crippen molar-refractivity contribution in [3.63, 3.8) is 0 Å². The van der Waals surface area contributed by atoms with Crippen LogP contribution >= 0.6 is 11.6 Å². The Labute approximate surface area is 226 Å². The summed E-state index contributed by atoms with van der Waals surface area (Å²) in [5.74, 6) is -4.15. The molecule has 2 aliphatic heterocycles. The molecule has 4 rings (SSSR count). The van der Waals surface area contributed by atoms with E-state index in [9.17, 15) is 9.59 Å². The van der Waals surface area contributed by atoms with Crippen LogP contribution in [-0.4, -0.2) is 56.1 Å². The quantitative estimate of drug-likeness (QED) is 0.258. The van der Waals surface area contributed by atoms with Crippen LogP contribution < -0.4 is 20.0 Å². The molecule has 0 saturated carbocycles. The van der Waals surface area contributed by atoms with Crippen molar-refractivity contribution < 1.29 is 43.6 Å². The standard InChI is InChI=1S/C26H30ClFN2O2.C2H2O4/c27-22-10-6-9-21(19-22)26(25(32)30-15-4-5-16-30)13-17-29(18-14-26)24(28)12-11-23(31)20-7-2-1-3-8-20;3-1(4)2(5)6/h1-3,6-10,19,24H,4-5,11-18H2;(H,3,4)(H,5,6). The summed E-state index contributed by atoms with van der Waals surface area (Å²) in [6.07, 6.45) is 2.67. The molecule has 2 aliphatic rings. The van der Waals surface area contributed by atoms with Crippen LogP contribution in [0.3, 0.4) is 0 Å². The van der Waals surface area contributed by atoms with Crippen molar-refractivity contribution >= 4 is 35.2 Å². The number of aliphatic carboxylic acids is 2. The minimum atomic E-state index is -2.19. The number of carboxylic acids is 2. The van der Waals surface area contributed by atoms with Gasteiger partial charge in [0.15, 0.2) is 5.78 Å². The predicted octanol–water partition coefficient (Wildman–Crippen LogP) is -1.09. The Balaban J connectivity index is 0.000000599. The van der Waals surface area contributed by atoms with E-state index in [1.54, 1.807) is 12.1 Å². The molecule has 0 aromatic heterocycles. The molecular weight excluding hydrogens is 515 g/mol. The number of piperidine rings is 1. The number of Topliss-reactive ketones (excluding diaryl/α,β-unsaturated/α-hetero) is 1. The molecule has 2 fully saturated rings. The molecule has 8 nitrogen and oxygen atoms in total. The lowest BCUT2D eigenvalue weighted by Crippen LogP contribution is -3.18. The fourth-order valence-electron chi connectivity index (χ4n) is 5.34. The third-order valence-corrected chi connectivity index (χ3v) is 7.65. The Bertz CT molecular complexity index is 1120. The second kappa shape index (κ2) is 13.6. The summed E-state index contributed by atoms with van der Waals surface area (Å²) in [6.45, 7) is 2.91. The van der Waals surface area contributed by atoms with Crippen molar-refractivity contribution in [3.8, 4) is 0 Å². The van der Waals surface area contributed by atoms with Gasteiger partial charge in [0, 0.05) is 49.1 Å².